The monoisotopic (exact) mass is 882 g/mol. The number of carboxylic acids is 1. The molecule has 1 aromatic heterocycles. The summed E-state index contributed by atoms with van der Waals surface area (Å²) >= 11 is 4.20. The highest BCUT2D eigenvalue weighted by Gasteiger charge is 2.55. The summed E-state index contributed by atoms with van der Waals surface area (Å²) in [5.41, 5.74) is 6.82. The van der Waals surface area contributed by atoms with E-state index in [1.54, 1.807) is 37.1 Å². The molecule has 21 heteroatoms. The van der Waals surface area contributed by atoms with E-state index in [9.17, 15) is 48.3 Å². The highest BCUT2D eigenvalue weighted by atomic mass is 32.1. The number of primary amides is 1. The molecular formula is C41H58N10O10S. The number of benzene rings is 1. The first-order valence-corrected chi connectivity index (χ1v) is 21.5. The Morgan fingerprint density at radius 3 is 2.27 bits per heavy atom. The summed E-state index contributed by atoms with van der Waals surface area (Å²) in [6, 6.07) is -0.864. The molecule has 0 aliphatic carbocycles. The molecule has 8 atom stereocenters. The van der Waals surface area contributed by atoms with Crippen molar-refractivity contribution in [2.45, 2.75) is 115 Å². The Morgan fingerprint density at radius 1 is 0.935 bits per heavy atom. The molecule has 8 amide bonds. The molecule has 3 saturated heterocycles. The summed E-state index contributed by atoms with van der Waals surface area (Å²) in [6.07, 6.45) is 2.29. The molecule has 62 heavy (non-hydrogen) atoms. The molecule has 10 N–H and O–H groups in total. The number of nitrogens with one attached hydrogen (secondary N) is 7. The molecule has 2 aromatic rings. The van der Waals surface area contributed by atoms with Gasteiger partial charge in [-0.2, -0.15) is 12.6 Å². The van der Waals surface area contributed by atoms with Gasteiger partial charge < -0.3 is 52.6 Å². The fourth-order valence-electron chi connectivity index (χ4n) is 8.11. The maximum atomic E-state index is 13.8. The lowest BCUT2D eigenvalue weighted by Crippen LogP contribution is -2.59. The highest BCUT2D eigenvalue weighted by Crippen LogP contribution is 2.33. The Balaban J connectivity index is 1.21. The van der Waals surface area contributed by atoms with Crippen LogP contribution >= 0.6 is 12.6 Å². The molecule has 3 aliphatic heterocycles. The van der Waals surface area contributed by atoms with Crippen molar-refractivity contribution in [1.29, 1.82) is 0 Å². The van der Waals surface area contributed by atoms with Crippen molar-refractivity contribution in [2.24, 2.45) is 17.6 Å². The number of amides is 8. The fraction of sp³-hybridized carbons (Fsp3) is 0.585. The zero-order valence-corrected chi connectivity index (χ0v) is 36.2. The molecule has 5 rings (SSSR count). The van der Waals surface area contributed by atoms with Crippen LogP contribution in [0.1, 0.15) is 65.4 Å². The maximum absolute atomic E-state index is 13.8. The van der Waals surface area contributed by atoms with Gasteiger partial charge in [-0.25, -0.2) is 4.79 Å². The number of fused-ring (bicyclic) bond motifs is 3. The van der Waals surface area contributed by atoms with Crippen LogP contribution in [0.2, 0.25) is 0 Å². The van der Waals surface area contributed by atoms with Crippen molar-refractivity contribution in [2.75, 3.05) is 25.4 Å². The molecule has 0 spiro atoms. The number of hydrogen-bond donors (Lipinski definition) is 10. The maximum Gasteiger partial charge on any atom is 0.326 e. The van der Waals surface area contributed by atoms with Crippen LogP contribution < -0.4 is 37.6 Å². The first-order valence-electron chi connectivity index (χ1n) is 20.9. The van der Waals surface area contributed by atoms with Gasteiger partial charge in [-0.15, -0.1) is 0 Å². The number of rotatable bonds is 20. The molecule has 0 saturated carbocycles. The second kappa shape index (κ2) is 20.9. The number of carbonyl (C=O) groups is 9. The third-order valence-electron chi connectivity index (χ3n) is 11.3. The first kappa shape index (κ1) is 47.4. The summed E-state index contributed by atoms with van der Waals surface area (Å²) in [5.74, 6) is -7.17. The van der Waals surface area contributed by atoms with Crippen molar-refractivity contribution >= 4 is 76.8 Å². The van der Waals surface area contributed by atoms with E-state index in [0.717, 1.165) is 10.9 Å². The highest BCUT2D eigenvalue weighted by molar-refractivity contribution is 7.80. The van der Waals surface area contributed by atoms with Gasteiger partial charge in [0.25, 0.3) is 0 Å². The quantitative estimate of drug-likeness (QED) is 0.0528. The van der Waals surface area contributed by atoms with Crippen molar-refractivity contribution < 1.29 is 48.3 Å². The minimum absolute atomic E-state index is 0.0976. The minimum atomic E-state index is -1.61. The average molecular weight is 883 g/mol. The van der Waals surface area contributed by atoms with Crippen molar-refractivity contribution in [3.8, 4) is 0 Å². The second-order valence-corrected chi connectivity index (χ2v) is 17.2. The Kier molecular flexibility index (Phi) is 16.0. The molecule has 3 fully saturated rings. The molecule has 20 nitrogen and oxygen atoms in total. The van der Waals surface area contributed by atoms with Gasteiger partial charge in [-0.05, 0) is 49.3 Å². The zero-order valence-electron chi connectivity index (χ0n) is 35.3. The molecular weight excluding hydrogens is 825 g/mol. The predicted molar refractivity (Wildman–Crippen MR) is 228 cm³/mol. The topological polar surface area (TPSA) is 294 Å². The molecule has 4 heterocycles. The standard InChI is InChI=1S/C41H58N10O10S/c1-20(2)14-27-40(59)51-18-30(51)34(50-13-7-10-29(50)38(57)48-27)39(58)43-12-11-32(53)45-28(19-62)37(56)47-26(16-31(42)52)35(54)46-25(36(55)49-33(21(3)4)41(60)61)15-22-17-44-24-9-6-5-8-23(22)24/h5-6,8-9,17,20-21,25-30,33-34,44,62H,7,10-16,18-19H2,1-4H3,(H2,42,52)(H,43,58)(H,45,53)(H,46,54)(H,47,56)(H,48,57)(H,49,55)(H,60,61)/t25-,26-,27-,28-,29-,30-,33-,34+,51?/m0/s1. The number of aliphatic carboxylic acids is 1. The van der Waals surface area contributed by atoms with Crippen LogP contribution in [0.15, 0.2) is 30.5 Å². The lowest BCUT2D eigenvalue weighted by atomic mass is 10.0. The summed E-state index contributed by atoms with van der Waals surface area (Å²) < 4.78 is 0. The SMILES string of the molecule is CC(C)C[C@@H]1NC(=O)[C@@H]2CCCN2[C@@H](C(=O)NCCC(=O)N[C@@H](CS)C(=O)N[C@@H](CC(N)=O)C(=O)N[C@@H](Cc2c[nH]c3ccccc23)C(=O)N[C@H](C(=O)O)C(C)C)[C@@H]2CN2C1=O. The second-order valence-electron chi connectivity index (χ2n) is 16.9. The van der Waals surface area contributed by atoms with Gasteiger partial charge >= 0.3 is 5.97 Å². The van der Waals surface area contributed by atoms with Crippen LogP contribution in [-0.2, 0) is 49.6 Å². The number of aromatic amines is 1. The van der Waals surface area contributed by atoms with E-state index in [1.807, 2.05) is 30.9 Å². The number of nitrogens with two attached hydrogens (primary N) is 1. The molecule has 1 aromatic carbocycles. The van der Waals surface area contributed by atoms with E-state index in [-0.39, 0.29) is 42.9 Å². The Bertz CT molecular complexity index is 2040. The van der Waals surface area contributed by atoms with E-state index in [2.05, 4.69) is 49.5 Å². The van der Waals surface area contributed by atoms with E-state index < -0.39 is 102 Å². The normalized spacial score (nSPS) is 21.8. The fourth-order valence-corrected chi connectivity index (χ4v) is 8.36. The van der Waals surface area contributed by atoms with Crippen molar-refractivity contribution in [1.82, 2.24) is 46.7 Å². The van der Waals surface area contributed by atoms with Gasteiger partial charge in [0.2, 0.25) is 47.3 Å². The van der Waals surface area contributed by atoms with Crippen LogP contribution in [0.3, 0.4) is 0 Å². The third kappa shape index (κ3) is 11.8. The number of carbonyl (C=O) groups excluding carboxylic acids is 8. The lowest BCUT2D eigenvalue weighted by molar-refractivity contribution is -0.143. The van der Waals surface area contributed by atoms with E-state index in [0.29, 0.717) is 37.9 Å². The van der Waals surface area contributed by atoms with E-state index >= 15 is 0 Å². The van der Waals surface area contributed by atoms with Crippen molar-refractivity contribution in [3.05, 3.63) is 36.0 Å². The Hall–Kier alpha value is -5.70. The van der Waals surface area contributed by atoms with Gasteiger partial charge in [0.05, 0.1) is 18.5 Å². The summed E-state index contributed by atoms with van der Waals surface area (Å²) in [6.45, 7) is 7.85. The van der Waals surface area contributed by atoms with Gasteiger partial charge in [-0.1, -0.05) is 45.9 Å². The summed E-state index contributed by atoms with van der Waals surface area (Å²) in [5, 5.41) is 26.1. The molecule has 0 bridgehead atoms. The smallest absolute Gasteiger partial charge is 0.326 e. The van der Waals surface area contributed by atoms with Crippen molar-refractivity contribution in [3.63, 3.8) is 0 Å². The van der Waals surface area contributed by atoms with Crippen LogP contribution in [0.25, 0.3) is 10.9 Å². The Morgan fingerprint density at radius 2 is 1.61 bits per heavy atom. The molecule has 338 valence electrons. The molecule has 0 unspecified atom stereocenters. The van der Waals surface area contributed by atoms with Crippen LogP contribution in [0.4, 0.5) is 0 Å². The number of hydrogen-bond acceptors (Lipinski definition) is 11. The van der Waals surface area contributed by atoms with Gasteiger partial charge in [0.1, 0.15) is 36.3 Å². The molecule has 0 radical (unpaired) electrons. The first-order chi connectivity index (χ1) is 29.4. The van der Waals surface area contributed by atoms with Crippen LogP contribution in [0.5, 0.6) is 0 Å². The van der Waals surface area contributed by atoms with E-state index in [4.69, 9.17) is 5.73 Å². The average Bonchev–Trinajstić information content (AvgIpc) is 3.62. The number of thiol groups is 1. The molecule has 3 aliphatic rings. The number of H-pyrrole nitrogens is 1. The van der Waals surface area contributed by atoms with Crippen LogP contribution in [0, 0.1) is 11.8 Å². The third-order valence-corrected chi connectivity index (χ3v) is 11.7. The van der Waals surface area contributed by atoms with Gasteiger partial charge in [-0.3, -0.25) is 43.3 Å². The summed E-state index contributed by atoms with van der Waals surface area (Å²) in [7, 11) is 0. The lowest BCUT2D eigenvalue weighted by Gasteiger charge is -2.30. The van der Waals surface area contributed by atoms with Gasteiger partial charge in [0.15, 0.2) is 0 Å². The predicted octanol–water partition coefficient (Wildman–Crippen LogP) is -1.71. The number of aromatic nitrogens is 1. The number of nitrogens with zero attached hydrogens (tertiary/aromatic N) is 2. The van der Waals surface area contributed by atoms with Gasteiger partial charge in [0, 0.05) is 48.8 Å². The number of para-hydroxylation sites is 1. The Labute approximate surface area is 364 Å². The van der Waals surface area contributed by atoms with E-state index in [1.165, 1.54) is 0 Å². The summed E-state index contributed by atoms with van der Waals surface area (Å²) in [4.78, 5) is 125. The largest absolute Gasteiger partial charge is 0.480 e. The number of carboxylic acid groups (broad SMARTS) is 1. The zero-order chi connectivity index (χ0) is 45.4. The minimum Gasteiger partial charge on any atom is -0.480 e. The van der Waals surface area contributed by atoms with Crippen LogP contribution in [-0.4, -0.2) is 147 Å².